The predicted molar refractivity (Wildman–Crippen MR) is 145 cm³/mol. The molecule has 7 fully saturated rings. The Bertz CT molecular complexity index is 1340. The van der Waals surface area contributed by atoms with Crippen LogP contribution in [0.15, 0.2) is 23.0 Å². The maximum Gasteiger partial charge on any atom is 0.308 e. The van der Waals surface area contributed by atoms with Crippen molar-refractivity contribution in [2.75, 3.05) is 14.2 Å². The van der Waals surface area contributed by atoms with Gasteiger partial charge in [0.25, 0.3) is 0 Å². The zero-order valence-corrected chi connectivity index (χ0v) is 25.8. The molecule has 0 unspecified atom stereocenters. The summed E-state index contributed by atoms with van der Waals surface area (Å²) in [6.45, 7) is 9.54. The zero-order chi connectivity index (χ0) is 30.9. The quantitative estimate of drug-likeness (QED) is 0.290. The van der Waals surface area contributed by atoms with Gasteiger partial charge in [-0.1, -0.05) is 34.6 Å². The average molecular weight is 603 g/mol. The fraction of sp³-hybridized carbons (Fsp3) is 0.781. The highest BCUT2D eigenvalue weighted by molar-refractivity contribution is 5.73. The first kappa shape index (κ1) is 29.3. The third kappa shape index (κ3) is 3.32. The van der Waals surface area contributed by atoms with Crippen molar-refractivity contribution in [2.45, 2.75) is 96.3 Å². The number of fused-ring (bicyclic) bond motifs is 2. The molecular weight excluding hydrogens is 560 g/mol. The minimum Gasteiger partial charge on any atom is -0.472 e. The summed E-state index contributed by atoms with van der Waals surface area (Å²) < 4.78 is 42.1. The van der Waals surface area contributed by atoms with Gasteiger partial charge in [0.05, 0.1) is 49.4 Å². The van der Waals surface area contributed by atoms with E-state index < -0.39 is 81.9 Å². The van der Waals surface area contributed by atoms with Gasteiger partial charge in [-0.3, -0.25) is 14.4 Å². The van der Waals surface area contributed by atoms with Crippen molar-refractivity contribution in [1.82, 2.24) is 0 Å². The minimum atomic E-state index is -1.85. The molecule has 3 aliphatic carbocycles. The molecule has 8 rings (SSSR count). The topological polar surface area (TPSA) is 143 Å². The van der Waals surface area contributed by atoms with Crippen molar-refractivity contribution in [3.05, 3.63) is 24.2 Å². The Morgan fingerprint density at radius 1 is 1.14 bits per heavy atom. The van der Waals surface area contributed by atoms with Gasteiger partial charge in [-0.25, -0.2) is 0 Å². The lowest BCUT2D eigenvalue weighted by Crippen LogP contribution is -2.85. The first-order chi connectivity index (χ1) is 20.2. The van der Waals surface area contributed by atoms with Crippen LogP contribution < -0.4 is 0 Å². The number of carbonyl (C=O) groups excluding carboxylic acids is 3. The normalized spacial score (nSPS) is 50.7. The molecule has 1 N–H and O–H groups in total. The van der Waals surface area contributed by atoms with Gasteiger partial charge in [-0.2, -0.15) is 0 Å². The molecule has 236 valence electrons. The molecular formula is C32H42O11. The zero-order valence-electron chi connectivity index (χ0n) is 25.8. The number of hydrogen-bond acceptors (Lipinski definition) is 11. The molecule has 13 atom stereocenters. The summed E-state index contributed by atoms with van der Waals surface area (Å²) in [5.41, 5.74) is -2.60. The molecule has 7 aliphatic rings. The summed E-state index contributed by atoms with van der Waals surface area (Å²) in [6.07, 6.45) is 1.66. The Balaban J connectivity index is 1.41. The van der Waals surface area contributed by atoms with Gasteiger partial charge in [0, 0.05) is 41.8 Å². The van der Waals surface area contributed by atoms with Gasteiger partial charge in [-0.15, -0.1) is 0 Å². The molecule has 0 aromatic carbocycles. The molecule has 11 heteroatoms. The van der Waals surface area contributed by atoms with Crippen LogP contribution in [-0.4, -0.2) is 67.1 Å². The maximum atomic E-state index is 13.3. The van der Waals surface area contributed by atoms with Gasteiger partial charge in [-0.05, 0) is 24.8 Å². The molecule has 1 spiro atoms. The average Bonchev–Trinajstić information content (AvgIpc) is 3.41. The summed E-state index contributed by atoms with van der Waals surface area (Å²) >= 11 is 0. The van der Waals surface area contributed by atoms with E-state index in [9.17, 15) is 19.5 Å². The van der Waals surface area contributed by atoms with E-state index in [0.717, 1.165) is 5.56 Å². The summed E-state index contributed by atoms with van der Waals surface area (Å²) in [6, 6.07) is 1.83. The van der Waals surface area contributed by atoms with E-state index in [1.54, 1.807) is 26.4 Å². The second-order valence-electron chi connectivity index (χ2n) is 14.6. The van der Waals surface area contributed by atoms with Crippen LogP contribution in [-0.2, 0) is 42.8 Å². The van der Waals surface area contributed by atoms with Gasteiger partial charge < -0.3 is 37.9 Å². The van der Waals surface area contributed by atoms with Crippen molar-refractivity contribution in [3.63, 3.8) is 0 Å². The third-order valence-electron chi connectivity index (χ3n) is 12.6. The van der Waals surface area contributed by atoms with Crippen LogP contribution in [0.5, 0.6) is 0 Å². The van der Waals surface area contributed by atoms with Gasteiger partial charge in [0.15, 0.2) is 12.1 Å². The molecule has 1 aromatic rings. The summed E-state index contributed by atoms with van der Waals surface area (Å²) in [5.74, 6) is -5.39. The number of ether oxygens (including phenoxy) is 6. The van der Waals surface area contributed by atoms with Crippen molar-refractivity contribution < 1.29 is 52.3 Å². The molecule has 11 nitrogen and oxygen atoms in total. The number of carbonyl (C=O) groups is 3. The highest BCUT2D eigenvalue weighted by Gasteiger charge is 2.93. The largest absolute Gasteiger partial charge is 0.472 e. The molecule has 4 saturated heterocycles. The minimum absolute atomic E-state index is 0.0453. The smallest absolute Gasteiger partial charge is 0.308 e. The number of epoxide rings is 1. The summed E-state index contributed by atoms with van der Waals surface area (Å²) in [5, 5.41) is 12.9. The Morgan fingerprint density at radius 3 is 2.51 bits per heavy atom. The first-order valence-corrected chi connectivity index (χ1v) is 15.3. The number of cyclic esters (lactones) is 1. The standard InChI is InChI=1S/C32H42O11/c1-15(2)26(35)41-24-22-25-31(42-25)17(8-10-28(3)18(31)12-21(34)40-23(28)16-9-11-39-14-16)30(5)19(13-20(33)37-6)29(24,4)27(38-7)43-32(22,30)36/h9,11,14-15,17-19,22-25,27,36H,8,10,12-13H2,1-7H3/t17-,18-,19+,22-,23+,24-,25-,27+,28-,29-,30-,31-,32-/m1/s1. The number of hydrogen-bond donors (Lipinski definition) is 1. The molecule has 1 aromatic heterocycles. The highest BCUT2D eigenvalue weighted by atomic mass is 16.8. The van der Waals surface area contributed by atoms with Gasteiger partial charge in [0.2, 0.25) is 0 Å². The van der Waals surface area contributed by atoms with Crippen LogP contribution >= 0.6 is 0 Å². The third-order valence-corrected chi connectivity index (χ3v) is 12.6. The van der Waals surface area contributed by atoms with Crippen molar-refractivity contribution in [1.29, 1.82) is 0 Å². The lowest BCUT2D eigenvalue weighted by atomic mass is 9.34. The first-order valence-electron chi connectivity index (χ1n) is 15.3. The van der Waals surface area contributed by atoms with E-state index in [1.807, 2.05) is 19.9 Å². The highest BCUT2D eigenvalue weighted by Crippen LogP contribution is 2.83. The van der Waals surface area contributed by atoms with Crippen LogP contribution in [0.1, 0.15) is 72.0 Å². The summed E-state index contributed by atoms with van der Waals surface area (Å²) in [4.78, 5) is 39.6. The second-order valence-corrected chi connectivity index (χ2v) is 14.6. The number of rotatable bonds is 6. The van der Waals surface area contributed by atoms with Crippen LogP contribution in [0.25, 0.3) is 0 Å². The maximum absolute atomic E-state index is 13.3. The van der Waals surface area contributed by atoms with Crippen molar-refractivity contribution in [2.24, 2.45) is 45.8 Å². The molecule has 3 saturated carbocycles. The number of methoxy groups -OCH3 is 2. The Kier molecular flexibility index (Phi) is 6.16. The molecule has 4 bridgehead atoms. The Hall–Kier alpha value is -2.47. The molecule has 43 heavy (non-hydrogen) atoms. The van der Waals surface area contributed by atoms with E-state index in [1.165, 1.54) is 14.2 Å². The van der Waals surface area contributed by atoms with Crippen molar-refractivity contribution in [3.8, 4) is 0 Å². The Labute approximate surface area is 250 Å². The van der Waals surface area contributed by atoms with E-state index in [-0.39, 0.29) is 30.6 Å². The fourth-order valence-electron chi connectivity index (χ4n) is 10.7. The van der Waals surface area contributed by atoms with Crippen LogP contribution in [0.4, 0.5) is 0 Å². The number of aliphatic hydroxyl groups is 1. The fourth-order valence-corrected chi connectivity index (χ4v) is 10.7. The van der Waals surface area contributed by atoms with E-state index in [2.05, 4.69) is 6.92 Å². The van der Waals surface area contributed by atoms with Crippen LogP contribution in [0, 0.1) is 45.8 Å². The molecule has 0 amide bonds. The van der Waals surface area contributed by atoms with Crippen LogP contribution in [0.3, 0.4) is 0 Å². The number of esters is 3. The monoisotopic (exact) mass is 602 g/mol. The lowest BCUT2D eigenvalue weighted by Gasteiger charge is -2.75. The lowest BCUT2D eigenvalue weighted by molar-refractivity contribution is -0.497. The van der Waals surface area contributed by atoms with E-state index in [4.69, 9.17) is 32.8 Å². The predicted octanol–water partition coefficient (Wildman–Crippen LogP) is 3.53. The van der Waals surface area contributed by atoms with E-state index in [0.29, 0.717) is 12.8 Å². The molecule has 0 radical (unpaired) electrons. The summed E-state index contributed by atoms with van der Waals surface area (Å²) in [7, 11) is 2.83. The molecule has 4 aliphatic heterocycles. The van der Waals surface area contributed by atoms with Crippen molar-refractivity contribution >= 4 is 17.9 Å². The van der Waals surface area contributed by atoms with Crippen LogP contribution in [0.2, 0.25) is 0 Å². The number of furan rings is 1. The Morgan fingerprint density at radius 2 is 1.88 bits per heavy atom. The SMILES string of the molecule is COC(=O)C[C@H]1[C@@]2(C)[C@@H](OC)O[C@]3(O)[C@H]([C@H]2OC(=O)C(C)C)[C@H]2O[C@]24[C@@H]2CC(=O)O[C@@H](c5ccoc5)[C@]2(C)CC[C@@H]4[C@]13C. The van der Waals surface area contributed by atoms with Gasteiger partial charge in [0.1, 0.15) is 17.8 Å². The van der Waals surface area contributed by atoms with Gasteiger partial charge >= 0.3 is 17.9 Å². The molecule has 5 heterocycles. The van der Waals surface area contributed by atoms with E-state index >= 15 is 0 Å². The second kappa shape index (κ2) is 9.05.